The molecule has 0 bridgehead atoms. The average molecular weight is 397 g/mol. The molecule has 3 rings (SSSR count). The van der Waals surface area contributed by atoms with Crippen LogP contribution >= 0.6 is 0 Å². The van der Waals surface area contributed by atoms with Crippen LogP contribution in [0.2, 0.25) is 0 Å². The van der Waals surface area contributed by atoms with Crippen molar-refractivity contribution < 1.29 is 22.7 Å². The highest BCUT2D eigenvalue weighted by molar-refractivity contribution is 5.93. The van der Waals surface area contributed by atoms with Gasteiger partial charge in [0.05, 0.1) is 11.6 Å². The molecule has 0 N–H and O–H groups in total. The lowest BCUT2D eigenvalue weighted by Crippen LogP contribution is -2.30. The maximum Gasteiger partial charge on any atom is 0.416 e. The molecule has 2 unspecified atom stereocenters. The Morgan fingerprint density at radius 1 is 1.07 bits per heavy atom. The normalized spacial score (nSPS) is 13.6. The van der Waals surface area contributed by atoms with E-state index in [0.29, 0.717) is 0 Å². The van der Waals surface area contributed by atoms with E-state index >= 15 is 0 Å². The number of carbonyl (C=O) groups excluding carboxylic acids is 1. The predicted octanol–water partition coefficient (Wildman–Crippen LogP) is 5.29. The molecular weight excluding hydrogens is 379 g/mol. The molecule has 3 aromatic carbocycles. The van der Waals surface area contributed by atoms with Crippen LogP contribution in [0.4, 0.5) is 13.2 Å². The van der Waals surface area contributed by atoms with E-state index in [1.165, 1.54) is 19.2 Å². The van der Waals surface area contributed by atoms with Crippen LogP contribution < -0.4 is 0 Å². The number of benzene rings is 3. The number of hydrogen-bond donors (Lipinski definition) is 0. The second-order valence-electron chi connectivity index (χ2n) is 6.65. The Morgan fingerprint density at radius 2 is 1.76 bits per heavy atom. The molecule has 0 saturated carbocycles. The Morgan fingerprint density at radius 3 is 2.45 bits per heavy atom. The van der Waals surface area contributed by atoms with Crippen molar-refractivity contribution in [1.82, 2.24) is 0 Å². The molecule has 0 spiro atoms. The molecule has 29 heavy (non-hydrogen) atoms. The summed E-state index contributed by atoms with van der Waals surface area (Å²) in [6.07, 6.45) is -5.30. The van der Waals surface area contributed by atoms with Crippen molar-refractivity contribution in [2.75, 3.05) is 7.11 Å². The summed E-state index contributed by atoms with van der Waals surface area (Å²) in [6.45, 7) is 0. The van der Waals surface area contributed by atoms with E-state index in [1.807, 2.05) is 48.5 Å². The second kappa shape index (κ2) is 8.46. The number of hydrogen-bond acceptors (Lipinski definition) is 3. The van der Waals surface area contributed by atoms with Crippen LogP contribution in [0.1, 0.15) is 22.6 Å². The third kappa shape index (κ3) is 4.47. The zero-order valence-electron chi connectivity index (χ0n) is 15.6. The number of rotatable bonds is 6. The maximum absolute atomic E-state index is 13.0. The molecule has 0 fully saturated rings. The van der Waals surface area contributed by atoms with E-state index in [-0.39, 0.29) is 12.0 Å². The van der Waals surface area contributed by atoms with Gasteiger partial charge < -0.3 is 4.74 Å². The molecule has 0 aliphatic carbocycles. The fourth-order valence-electron chi connectivity index (χ4n) is 3.35. The van der Waals surface area contributed by atoms with Crippen molar-refractivity contribution in [2.24, 2.45) is 0 Å². The molecule has 2 atom stereocenters. The van der Waals surface area contributed by atoms with E-state index < -0.39 is 29.5 Å². The molecule has 0 aromatic heterocycles. The van der Waals surface area contributed by atoms with Gasteiger partial charge in [0.25, 0.3) is 0 Å². The average Bonchev–Trinajstić information content (AvgIpc) is 2.72. The Balaban J connectivity index is 1.91. The van der Waals surface area contributed by atoms with Gasteiger partial charge in [-0.25, -0.2) is 0 Å². The number of ether oxygens (including phenoxy) is 1. The Hall–Kier alpha value is -3.17. The summed E-state index contributed by atoms with van der Waals surface area (Å²) >= 11 is 0. The maximum atomic E-state index is 13.0. The predicted molar refractivity (Wildman–Crippen MR) is 103 cm³/mol. The fraction of sp³-hybridized carbons (Fsp3) is 0.217. The highest BCUT2D eigenvalue weighted by Gasteiger charge is 2.33. The number of halogens is 3. The second-order valence-corrected chi connectivity index (χ2v) is 6.65. The Bertz CT molecular complexity index is 1060. The van der Waals surface area contributed by atoms with E-state index in [2.05, 4.69) is 0 Å². The minimum Gasteiger partial charge on any atom is -0.373 e. The van der Waals surface area contributed by atoms with Gasteiger partial charge in [-0.15, -0.1) is 0 Å². The quantitative estimate of drug-likeness (QED) is 0.568. The summed E-state index contributed by atoms with van der Waals surface area (Å²) in [7, 11) is 1.36. The van der Waals surface area contributed by atoms with E-state index in [1.54, 1.807) is 0 Å². The number of alkyl halides is 3. The number of methoxy groups -OCH3 is 1. The number of nitrogens with zero attached hydrogens (tertiary/aromatic N) is 1. The Labute approximate surface area is 166 Å². The van der Waals surface area contributed by atoms with Gasteiger partial charge in [-0.2, -0.15) is 18.4 Å². The van der Waals surface area contributed by atoms with Crippen molar-refractivity contribution in [1.29, 1.82) is 5.26 Å². The first-order valence-corrected chi connectivity index (χ1v) is 8.95. The molecule has 0 amide bonds. The molecule has 3 aromatic rings. The largest absolute Gasteiger partial charge is 0.416 e. The van der Waals surface area contributed by atoms with Gasteiger partial charge >= 0.3 is 6.18 Å². The molecule has 0 heterocycles. The van der Waals surface area contributed by atoms with Gasteiger partial charge in [0.2, 0.25) is 0 Å². The molecule has 0 saturated heterocycles. The molecular formula is C23H18F3NO2. The summed E-state index contributed by atoms with van der Waals surface area (Å²) in [5.41, 5.74) is -0.0256. The lowest BCUT2D eigenvalue weighted by Gasteiger charge is -2.19. The van der Waals surface area contributed by atoms with Crippen molar-refractivity contribution in [2.45, 2.75) is 24.6 Å². The first kappa shape index (κ1) is 20.6. The highest BCUT2D eigenvalue weighted by atomic mass is 19.4. The zero-order chi connectivity index (χ0) is 21.0. The van der Waals surface area contributed by atoms with Gasteiger partial charge in [-0.3, -0.25) is 4.79 Å². The van der Waals surface area contributed by atoms with Crippen molar-refractivity contribution in [3.05, 3.63) is 83.4 Å². The van der Waals surface area contributed by atoms with Gasteiger partial charge in [-0.05, 0) is 28.0 Å². The zero-order valence-corrected chi connectivity index (χ0v) is 15.6. The molecule has 6 heteroatoms. The SMILES string of the molecule is COC(Cc1cccc2ccccc12)C(=O)C(C#N)c1cccc(C(F)(F)F)c1. The van der Waals surface area contributed by atoms with Gasteiger partial charge in [-0.1, -0.05) is 60.7 Å². The summed E-state index contributed by atoms with van der Waals surface area (Å²) in [4.78, 5) is 13.0. The van der Waals surface area contributed by atoms with Crippen LogP contribution in [-0.4, -0.2) is 19.0 Å². The van der Waals surface area contributed by atoms with E-state index in [4.69, 9.17) is 4.74 Å². The standard InChI is InChI=1S/C23H18F3NO2/c1-29-21(13-17-8-4-7-15-6-2-3-11-19(15)17)22(28)20(14-27)16-9-5-10-18(12-16)23(24,25)26/h2-12,20-21H,13H2,1H3. The first-order chi connectivity index (χ1) is 13.8. The number of ketones is 1. The minimum absolute atomic E-state index is 0.00675. The fourth-order valence-corrected chi connectivity index (χ4v) is 3.35. The Kier molecular flexibility index (Phi) is 6.00. The van der Waals surface area contributed by atoms with Gasteiger partial charge in [0.1, 0.15) is 12.0 Å². The lowest BCUT2D eigenvalue weighted by atomic mass is 9.89. The number of fused-ring (bicyclic) bond motifs is 1. The number of carbonyl (C=O) groups is 1. The van der Waals surface area contributed by atoms with Gasteiger partial charge in [0, 0.05) is 13.5 Å². The first-order valence-electron chi connectivity index (χ1n) is 8.95. The summed E-state index contributed by atoms with van der Waals surface area (Å²) in [5.74, 6) is -1.92. The smallest absolute Gasteiger partial charge is 0.373 e. The topological polar surface area (TPSA) is 50.1 Å². The minimum atomic E-state index is -4.55. The van der Waals surface area contributed by atoms with E-state index in [0.717, 1.165) is 28.5 Å². The molecule has 0 aliphatic heterocycles. The van der Waals surface area contributed by atoms with Crippen molar-refractivity contribution >= 4 is 16.6 Å². The highest BCUT2D eigenvalue weighted by Crippen LogP contribution is 2.32. The lowest BCUT2D eigenvalue weighted by molar-refractivity contribution is -0.137. The van der Waals surface area contributed by atoms with Crippen LogP contribution in [0, 0.1) is 11.3 Å². The monoisotopic (exact) mass is 397 g/mol. The van der Waals surface area contributed by atoms with E-state index in [9.17, 15) is 23.2 Å². The summed E-state index contributed by atoms with van der Waals surface area (Å²) in [5, 5.41) is 11.5. The molecule has 3 nitrogen and oxygen atoms in total. The van der Waals surface area contributed by atoms with Crippen LogP contribution in [0.25, 0.3) is 10.8 Å². The third-order valence-corrected chi connectivity index (χ3v) is 4.85. The van der Waals surface area contributed by atoms with Crippen LogP contribution in [0.3, 0.4) is 0 Å². The number of Topliss-reactive ketones (excluding diaryl/α,β-unsaturated/α-hetero) is 1. The molecule has 0 aliphatic rings. The molecule has 148 valence electrons. The number of nitriles is 1. The summed E-state index contributed by atoms with van der Waals surface area (Å²) in [6, 6.07) is 19.5. The summed E-state index contributed by atoms with van der Waals surface area (Å²) < 4.78 is 44.4. The van der Waals surface area contributed by atoms with Gasteiger partial charge in [0.15, 0.2) is 5.78 Å². The van der Waals surface area contributed by atoms with Crippen molar-refractivity contribution in [3.8, 4) is 6.07 Å². The third-order valence-electron chi connectivity index (χ3n) is 4.85. The van der Waals surface area contributed by atoms with Crippen molar-refractivity contribution in [3.63, 3.8) is 0 Å². The van der Waals surface area contributed by atoms with Crippen LogP contribution in [-0.2, 0) is 22.1 Å². The van der Waals surface area contributed by atoms with Crippen LogP contribution in [0.15, 0.2) is 66.7 Å². The molecule has 0 radical (unpaired) electrons. The van der Waals surface area contributed by atoms with Crippen LogP contribution in [0.5, 0.6) is 0 Å².